The molecular formula is C13H24N2. The number of rotatable bonds is 1. The first-order valence-corrected chi connectivity index (χ1v) is 6.55. The maximum atomic E-state index is 4.57. The van der Waals surface area contributed by atoms with Crippen molar-refractivity contribution in [3.63, 3.8) is 0 Å². The Morgan fingerprint density at radius 1 is 1.13 bits per heavy atom. The molecule has 3 atom stereocenters. The van der Waals surface area contributed by atoms with Crippen molar-refractivity contribution in [3.05, 3.63) is 0 Å². The number of hydrogen-bond donors (Lipinski definition) is 1. The molecule has 1 heterocycles. The van der Waals surface area contributed by atoms with Crippen LogP contribution in [0.1, 0.15) is 52.4 Å². The van der Waals surface area contributed by atoms with Crippen LogP contribution in [0, 0.1) is 11.8 Å². The second-order valence-corrected chi connectivity index (χ2v) is 5.39. The molecule has 0 bridgehead atoms. The zero-order chi connectivity index (χ0) is 10.7. The summed E-state index contributed by atoms with van der Waals surface area (Å²) in [4.78, 5) is 4.57. The van der Waals surface area contributed by atoms with Gasteiger partial charge in [0.1, 0.15) is 0 Å². The van der Waals surface area contributed by atoms with E-state index in [2.05, 4.69) is 24.2 Å². The molecule has 2 nitrogen and oxygen atoms in total. The van der Waals surface area contributed by atoms with E-state index in [1.54, 1.807) is 0 Å². The predicted molar refractivity (Wildman–Crippen MR) is 65.3 cm³/mol. The zero-order valence-corrected chi connectivity index (χ0v) is 10.1. The van der Waals surface area contributed by atoms with Crippen molar-refractivity contribution in [2.24, 2.45) is 16.8 Å². The van der Waals surface area contributed by atoms with Crippen LogP contribution < -0.4 is 5.32 Å². The van der Waals surface area contributed by atoms with Crippen LogP contribution in [-0.2, 0) is 0 Å². The van der Waals surface area contributed by atoms with Crippen molar-refractivity contribution < 1.29 is 0 Å². The van der Waals surface area contributed by atoms with Gasteiger partial charge in [0.2, 0.25) is 0 Å². The van der Waals surface area contributed by atoms with Crippen LogP contribution in [0.5, 0.6) is 0 Å². The van der Waals surface area contributed by atoms with Crippen molar-refractivity contribution in [3.8, 4) is 0 Å². The number of aliphatic imine (C=N–C) groups is 1. The second-order valence-electron chi connectivity index (χ2n) is 5.39. The minimum Gasteiger partial charge on any atom is -0.371 e. The van der Waals surface area contributed by atoms with Gasteiger partial charge < -0.3 is 5.32 Å². The monoisotopic (exact) mass is 208 g/mol. The minimum absolute atomic E-state index is 0.702. The molecule has 1 aliphatic heterocycles. The molecule has 1 fully saturated rings. The van der Waals surface area contributed by atoms with Crippen molar-refractivity contribution in [2.45, 2.75) is 58.4 Å². The third-order valence-electron chi connectivity index (χ3n) is 4.09. The van der Waals surface area contributed by atoms with E-state index in [4.69, 9.17) is 0 Å². The topological polar surface area (TPSA) is 24.4 Å². The van der Waals surface area contributed by atoms with E-state index in [1.807, 2.05) is 0 Å². The summed E-state index contributed by atoms with van der Waals surface area (Å²) in [5.74, 6) is 3.07. The highest BCUT2D eigenvalue weighted by atomic mass is 15.0. The van der Waals surface area contributed by atoms with Gasteiger partial charge in [-0.25, -0.2) is 0 Å². The van der Waals surface area contributed by atoms with E-state index in [-0.39, 0.29) is 0 Å². The summed E-state index contributed by atoms with van der Waals surface area (Å²) in [7, 11) is 0. The van der Waals surface area contributed by atoms with Gasteiger partial charge in [-0.15, -0.1) is 0 Å². The molecule has 2 aliphatic rings. The molecule has 0 spiro atoms. The highest BCUT2D eigenvalue weighted by Gasteiger charge is 2.25. The van der Waals surface area contributed by atoms with E-state index in [0.717, 1.165) is 18.4 Å². The fraction of sp³-hybridized carbons (Fsp3) is 0.923. The third kappa shape index (κ3) is 2.96. The van der Waals surface area contributed by atoms with E-state index < -0.39 is 0 Å². The van der Waals surface area contributed by atoms with Crippen LogP contribution >= 0.6 is 0 Å². The molecule has 0 amide bonds. The Kier molecular flexibility index (Phi) is 3.66. The lowest BCUT2D eigenvalue weighted by atomic mass is 9.79. The molecule has 86 valence electrons. The van der Waals surface area contributed by atoms with Crippen LogP contribution in [0.4, 0.5) is 0 Å². The Morgan fingerprint density at radius 3 is 2.67 bits per heavy atom. The van der Waals surface area contributed by atoms with E-state index in [9.17, 15) is 0 Å². The average molecular weight is 208 g/mol. The van der Waals surface area contributed by atoms with Crippen molar-refractivity contribution >= 4 is 5.84 Å². The van der Waals surface area contributed by atoms with Crippen molar-refractivity contribution in [2.75, 3.05) is 6.54 Å². The van der Waals surface area contributed by atoms with Gasteiger partial charge in [-0.2, -0.15) is 0 Å². The Labute approximate surface area is 93.6 Å². The summed E-state index contributed by atoms with van der Waals surface area (Å²) in [5.41, 5.74) is 0. The van der Waals surface area contributed by atoms with Gasteiger partial charge in [0.05, 0.1) is 5.84 Å². The van der Waals surface area contributed by atoms with E-state index in [0.29, 0.717) is 6.04 Å². The highest BCUT2D eigenvalue weighted by molar-refractivity contribution is 5.82. The summed E-state index contributed by atoms with van der Waals surface area (Å²) >= 11 is 0. The SMILES string of the molecule is CC1CCC(NC2=NCCCC2)CC1C. The average Bonchev–Trinajstić information content (AvgIpc) is 2.25. The smallest absolute Gasteiger partial charge is 0.0965 e. The molecule has 3 unspecified atom stereocenters. The molecule has 0 aromatic rings. The molecule has 1 saturated carbocycles. The Morgan fingerprint density at radius 2 is 2.00 bits per heavy atom. The first kappa shape index (κ1) is 11.0. The van der Waals surface area contributed by atoms with Crippen LogP contribution in [0.2, 0.25) is 0 Å². The largest absolute Gasteiger partial charge is 0.371 e. The number of amidine groups is 1. The predicted octanol–water partition coefficient (Wildman–Crippen LogP) is 2.98. The molecule has 15 heavy (non-hydrogen) atoms. The van der Waals surface area contributed by atoms with E-state index in [1.165, 1.54) is 44.4 Å². The lowest BCUT2D eigenvalue weighted by molar-refractivity contribution is 0.239. The van der Waals surface area contributed by atoms with Gasteiger partial charge in [0.15, 0.2) is 0 Å². The molecular weight excluding hydrogens is 184 g/mol. The van der Waals surface area contributed by atoms with Gasteiger partial charge in [-0.3, -0.25) is 4.99 Å². The summed E-state index contributed by atoms with van der Waals surface area (Å²) in [6, 6.07) is 0.702. The van der Waals surface area contributed by atoms with Crippen LogP contribution in [0.15, 0.2) is 4.99 Å². The summed E-state index contributed by atoms with van der Waals surface area (Å²) in [6.07, 6.45) is 7.84. The molecule has 1 N–H and O–H groups in total. The maximum Gasteiger partial charge on any atom is 0.0965 e. The quantitative estimate of drug-likeness (QED) is 0.704. The third-order valence-corrected chi connectivity index (χ3v) is 4.09. The van der Waals surface area contributed by atoms with Crippen LogP contribution in [-0.4, -0.2) is 18.4 Å². The number of hydrogen-bond acceptors (Lipinski definition) is 2. The van der Waals surface area contributed by atoms with Gasteiger partial charge in [-0.05, 0) is 43.9 Å². The van der Waals surface area contributed by atoms with Gasteiger partial charge in [0, 0.05) is 19.0 Å². The molecule has 2 heteroatoms. The van der Waals surface area contributed by atoms with Gasteiger partial charge >= 0.3 is 0 Å². The normalized spacial score (nSPS) is 37.2. The number of nitrogens with one attached hydrogen (secondary N) is 1. The zero-order valence-electron chi connectivity index (χ0n) is 10.1. The highest BCUT2D eigenvalue weighted by Crippen LogP contribution is 2.29. The Bertz CT molecular complexity index is 235. The molecule has 0 saturated heterocycles. The van der Waals surface area contributed by atoms with Gasteiger partial charge in [-0.1, -0.05) is 13.8 Å². The lowest BCUT2D eigenvalue weighted by Crippen LogP contribution is -2.40. The second kappa shape index (κ2) is 5.00. The molecule has 0 aromatic heterocycles. The maximum absolute atomic E-state index is 4.57. The number of nitrogens with zero attached hydrogens (tertiary/aromatic N) is 1. The van der Waals surface area contributed by atoms with E-state index >= 15 is 0 Å². The Balaban J connectivity index is 1.82. The fourth-order valence-corrected chi connectivity index (χ4v) is 2.73. The molecule has 1 aliphatic carbocycles. The standard InChI is InChI=1S/C13H24N2/c1-10-6-7-12(9-11(10)2)15-13-5-3-4-8-14-13/h10-12H,3-9H2,1-2H3,(H,14,15). The lowest BCUT2D eigenvalue weighted by Gasteiger charge is -2.33. The van der Waals surface area contributed by atoms with Gasteiger partial charge in [0.25, 0.3) is 0 Å². The minimum atomic E-state index is 0.702. The molecule has 0 radical (unpaired) electrons. The summed E-state index contributed by atoms with van der Waals surface area (Å²) < 4.78 is 0. The first-order chi connectivity index (χ1) is 7.25. The Hall–Kier alpha value is -0.530. The van der Waals surface area contributed by atoms with Crippen LogP contribution in [0.25, 0.3) is 0 Å². The summed E-state index contributed by atoms with van der Waals surface area (Å²) in [6.45, 7) is 5.82. The summed E-state index contributed by atoms with van der Waals surface area (Å²) in [5, 5.41) is 3.66. The fourth-order valence-electron chi connectivity index (χ4n) is 2.73. The van der Waals surface area contributed by atoms with Crippen molar-refractivity contribution in [1.82, 2.24) is 5.32 Å². The van der Waals surface area contributed by atoms with Crippen LogP contribution in [0.3, 0.4) is 0 Å². The first-order valence-electron chi connectivity index (χ1n) is 6.55. The molecule has 2 rings (SSSR count). The van der Waals surface area contributed by atoms with Crippen molar-refractivity contribution in [1.29, 1.82) is 0 Å². The molecule has 0 aromatic carbocycles.